The van der Waals surface area contributed by atoms with Gasteiger partial charge < -0.3 is 10.3 Å². The van der Waals surface area contributed by atoms with Crippen molar-refractivity contribution in [2.24, 2.45) is 17.1 Å². The monoisotopic (exact) mass is 265 g/mol. The van der Waals surface area contributed by atoms with Gasteiger partial charge in [-0.2, -0.15) is 4.98 Å². The second kappa shape index (κ2) is 5.61. The highest BCUT2D eigenvalue weighted by molar-refractivity contribution is 4.99. The highest BCUT2D eigenvalue weighted by Gasteiger charge is 2.30. The van der Waals surface area contributed by atoms with Crippen molar-refractivity contribution < 1.29 is 4.52 Å². The molecule has 1 saturated carbocycles. The first-order chi connectivity index (χ1) is 8.87. The first-order valence-electron chi connectivity index (χ1n) is 7.45. The lowest BCUT2D eigenvalue weighted by molar-refractivity contribution is 0.218. The minimum absolute atomic E-state index is 0.0959. The highest BCUT2D eigenvalue weighted by Crippen LogP contribution is 2.41. The molecule has 108 valence electrons. The normalized spacial score (nSPS) is 21.8. The second-order valence-corrected chi connectivity index (χ2v) is 7.10. The average molecular weight is 265 g/mol. The Bertz CT molecular complexity index is 401. The minimum atomic E-state index is 0.0959. The summed E-state index contributed by atoms with van der Waals surface area (Å²) in [7, 11) is 0. The minimum Gasteiger partial charge on any atom is -0.339 e. The molecule has 0 amide bonds. The van der Waals surface area contributed by atoms with Crippen LogP contribution in [0.4, 0.5) is 0 Å². The van der Waals surface area contributed by atoms with Crippen LogP contribution < -0.4 is 5.73 Å². The van der Waals surface area contributed by atoms with Crippen molar-refractivity contribution in [1.29, 1.82) is 0 Å². The van der Waals surface area contributed by atoms with E-state index in [1.54, 1.807) is 0 Å². The lowest BCUT2D eigenvalue weighted by atomic mass is 9.73. The Morgan fingerprint density at radius 1 is 1.32 bits per heavy atom. The number of aromatic nitrogens is 2. The molecule has 1 unspecified atom stereocenters. The second-order valence-electron chi connectivity index (χ2n) is 7.10. The fraction of sp³-hybridized carbons (Fsp3) is 0.867. The Morgan fingerprint density at radius 3 is 2.53 bits per heavy atom. The molecule has 2 N–H and O–H groups in total. The van der Waals surface area contributed by atoms with Crippen LogP contribution in [0.1, 0.15) is 71.0 Å². The molecule has 1 aromatic rings. The zero-order chi connectivity index (χ0) is 14.0. The van der Waals surface area contributed by atoms with Crippen LogP contribution in [0.5, 0.6) is 0 Å². The van der Waals surface area contributed by atoms with E-state index in [1.165, 1.54) is 25.7 Å². The molecule has 2 rings (SSSR count). The summed E-state index contributed by atoms with van der Waals surface area (Å²) in [6.45, 7) is 8.91. The Hall–Kier alpha value is -0.900. The van der Waals surface area contributed by atoms with Crippen molar-refractivity contribution in [3.8, 4) is 0 Å². The maximum atomic E-state index is 6.04. The molecule has 0 radical (unpaired) electrons. The van der Waals surface area contributed by atoms with Gasteiger partial charge in [-0.05, 0) is 37.0 Å². The van der Waals surface area contributed by atoms with Crippen LogP contribution in [-0.4, -0.2) is 16.2 Å². The van der Waals surface area contributed by atoms with Crippen molar-refractivity contribution in [3.63, 3.8) is 0 Å². The third-order valence-corrected chi connectivity index (χ3v) is 4.45. The number of hydrogen-bond donors (Lipinski definition) is 1. The van der Waals surface area contributed by atoms with Gasteiger partial charge >= 0.3 is 0 Å². The lowest BCUT2D eigenvalue weighted by Gasteiger charge is -2.32. The molecule has 1 aromatic heterocycles. The summed E-state index contributed by atoms with van der Waals surface area (Å²) in [4.78, 5) is 4.55. The van der Waals surface area contributed by atoms with E-state index in [2.05, 4.69) is 37.8 Å². The summed E-state index contributed by atoms with van der Waals surface area (Å²) in [5.41, 5.74) is 6.52. The molecular formula is C15H27N3O. The summed E-state index contributed by atoms with van der Waals surface area (Å²) in [6.07, 6.45) is 5.51. The summed E-state index contributed by atoms with van der Waals surface area (Å²) < 4.78 is 5.35. The predicted octanol–water partition coefficient (Wildman–Crippen LogP) is 3.28. The van der Waals surface area contributed by atoms with Crippen molar-refractivity contribution >= 4 is 0 Å². The van der Waals surface area contributed by atoms with Gasteiger partial charge in [-0.15, -0.1) is 0 Å². The number of rotatable bonds is 4. The molecule has 0 spiro atoms. The first-order valence-corrected chi connectivity index (χ1v) is 7.45. The molecule has 0 aromatic carbocycles. The molecule has 19 heavy (non-hydrogen) atoms. The van der Waals surface area contributed by atoms with Crippen molar-refractivity contribution in [1.82, 2.24) is 10.1 Å². The van der Waals surface area contributed by atoms with Crippen LogP contribution in [0.15, 0.2) is 4.52 Å². The van der Waals surface area contributed by atoms with Gasteiger partial charge in [0.1, 0.15) is 0 Å². The van der Waals surface area contributed by atoms with Crippen LogP contribution >= 0.6 is 0 Å². The molecule has 0 aliphatic heterocycles. The molecule has 0 bridgehead atoms. The summed E-state index contributed by atoms with van der Waals surface area (Å²) >= 11 is 0. The molecule has 1 heterocycles. The standard InChI is InChI=1S/C15H27N3O/c1-10(2)12(16)9-13-17-14(18-19-13)11-5-7-15(3,4)8-6-11/h10-12H,5-9,16H2,1-4H3. The molecule has 1 aliphatic rings. The zero-order valence-corrected chi connectivity index (χ0v) is 12.6. The van der Waals surface area contributed by atoms with Crippen LogP contribution in [-0.2, 0) is 6.42 Å². The smallest absolute Gasteiger partial charge is 0.228 e. The van der Waals surface area contributed by atoms with Gasteiger partial charge in [-0.25, -0.2) is 0 Å². The molecular weight excluding hydrogens is 238 g/mol. The fourth-order valence-electron chi connectivity index (χ4n) is 2.61. The molecule has 1 atom stereocenters. The van der Waals surface area contributed by atoms with E-state index < -0.39 is 0 Å². The van der Waals surface area contributed by atoms with Crippen LogP contribution in [0.3, 0.4) is 0 Å². The third kappa shape index (κ3) is 3.78. The fourth-order valence-corrected chi connectivity index (χ4v) is 2.61. The highest BCUT2D eigenvalue weighted by atomic mass is 16.5. The maximum Gasteiger partial charge on any atom is 0.228 e. The van der Waals surface area contributed by atoms with E-state index in [1.807, 2.05) is 0 Å². The quantitative estimate of drug-likeness (QED) is 0.907. The van der Waals surface area contributed by atoms with E-state index in [-0.39, 0.29) is 6.04 Å². The Labute approximate surface area is 116 Å². The molecule has 1 aliphatic carbocycles. The topological polar surface area (TPSA) is 64.9 Å². The average Bonchev–Trinajstić information content (AvgIpc) is 2.77. The van der Waals surface area contributed by atoms with Gasteiger partial charge in [0.15, 0.2) is 5.82 Å². The van der Waals surface area contributed by atoms with E-state index in [4.69, 9.17) is 10.3 Å². The Kier molecular flexibility index (Phi) is 4.29. The Morgan fingerprint density at radius 2 is 1.95 bits per heavy atom. The first kappa shape index (κ1) is 14.5. The summed E-state index contributed by atoms with van der Waals surface area (Å²) in [5.74, 6) is 2.49. The number of nitrogens with two attached hydrogens (primary N) is 1. The summed E-state index contributed by atoms with van der Waals surface area (Å²) in [5, 5.41) is 4.16. The zero-order valence-electron chi connectivity index (χ0n) is 12.6. The van der Waals surface area contributed by atoms with E-state index in [0.29, 0.717) is 29.6 Å². The Balaban J connectivity index is 1.94. The maximum absolute atomic E-state index is 6.04. The van der Waals surface area contributed by atoms with Crippen LogP contribution in [0.25, 0.3) is 0 Å². The van der Waals surface area contributed by atoms with Crippen molar-refractivity contribution in [2.45, 2.75) is 71.8 Å². The van der Waals surface area contributed by atoms with Gasteiger partial charge in [-0.1, -0.05) is 32.9 Å². The number of hydrogen-bond acceptors (Lipinski definition) is 4. The van der Waals surface area contributed by atoms with E-state index in [0.717, 1.165) is 5.82 Å². The van der Waals surface area contributed by atoms with Gasteiger partial charge in [0.05, 0.1) is 0 Å². The van der Waals surface area contributed by atoms with Crippen molar-refractivity contribution in [3.05, 3.63) is 11.7 Å². The third-order valence-electron chi connectivity index (χ3n) is 4.45. The molecule has 1 fully saturated rings. The van der Waals surface area contributed by atoms with Crippen LogP contribution in [0.2, 0.25) is 0 Å². The van der Waals surface area contributed by atoms with Crippen molar-refractivity contribution in [2.75, 3.05) is 0 Å². The lowest BCUT2D eigenvalue weighted by Crippen LogP contribution is -2.28. The van der Waals surface area contributed by atoms with Crippen LogP contribution in [0, 0.1) is 11.3 Å². The van der Waals surface area contributed by atoms with E-state index >= 15 is 0 Å². The molecule has 4 heteroatoms. The molecule has 4 nitrogen and oxygen atoms in total. The van der Waals surface area contributed by atoms with Gasteiger partial charge in [0.25, 0.3) is 0 Å². The SMILES string of the molecule is CC(C)C(N)Cc1nc(C2CCC(C)(C)CC2)no1. The summed E-state index contributed by atoms with van der Waals surface area (Å²) in [6, 6.07) is 0.0959. The predicted molar refractivity (Wildman–Crippen MR) is 75.8 cm³/mol. The molecule has 0 saturated heterocycles. The largest absolute Gasteiger partial charge is 0.339 e. The number of nitrogens with zero attached hydrogens (tertiary/aromatic N) is 2. The van der Waals surface area contributed by atoms with Gasteiger partial charge in [0, 0.05) is 18.4 Å². The van der Waals surface area contributed by atoms with Gasteiger partial charge in [-0.3, -0.25) is 0 Å². The van der Waals surface area contributed by atoms with E-state index in [9.17, 15) is 0 Å². The van der Waals surface area contributed by atoms with Gasteiger partial charge in [0.2, 0.25) is 5.89 Å².